The van der Waals surface area contributed by atoms with Crippen molar-refractivity contribution in [2.45, 2.75) is 6.04 Å². The van der Waals surface area contributed by atoms with E-state index in [-0.39, 0.29) is 6.04 Å². The van der Waals surface area contributed by atoms with E-state index in [4.69, 9.17) is 10.6 Å². The van der Waals surface area contributed by atoms with E-state index in [9.17, 15) is 0 Å². The Kier molecular flexibility index (Phi) is 3.59. The Labute approximate surface area is 70.9 Å². The minimum atomic E-state index is -0.142. The molecule has 0 radical (unpaired) electrons. The lowest BCUT2D eigenvalue weighted by atomic mass is 10.3. The molecule has 1 heterocycles. The Bertz CT molecular complexity index is 216. The zero-order valence-corrected chi connectivity index (χ0v) is 6.90. The molecule has 0 aromatic carbocycles. The summed E-state index contributed by atoms with van der Waals surface area (Å²) in [6.07, 6.45) is 3.34. The Morgan fingerprint density at radius 2 is 2.25 bits per heavy atom. The third-order valence-electron chi connectivity index (χ3n) is 1.43. The zero-order valence-electron chi connectivity index (χ0n) is 6.90. The Hall–Kier alpha value is -1.04. The van der Waals surface area contributed by atoms with Crippen LogP contribution < -0.4 is 11.3 Å². The van der Waals surface area contributed by atoms with Crippen LogP contribution in [0.5, 0.6) is 0 Å². The topological polar surface area (TPSA) is 73.1 Å². The molecule has 0 bridgehead atoms. The van der Waals surface area contributed by atoms with Gasteiger partial charge in [0, 0.05) is 19.5 Å². The lowest BCUT2D eigenvalue weighted by Gasteiger charge is -2.11. The van der Waals surface area contributed by atoms with Crippen molar-refractivity contribution in [1.82, 2.24) is 15.4 Å². The van der Waals surface area contributed by atoms with Crippen LogP contribution in [0.4, 0.5) is 0 Å². The van der Waals surface area contributed by atoms with Gasteiger partial charge in [0.2, 0.25) is 0 Å². The Morgan fingerprint density at radius 1 is 1.58 bits per heavy atom. The predicted molar refractivity (Wildman–Crippen MR) is 44.0 cm³/mol. The van der Waals surface area contributed by atoms with Gasteiger partial charge in [-0.1, -0.05) is 0 Å². The summed E-state index contributed by atoms with van der Waals surface area (Å²) in [7, 11) is 1.60. The molecule has 0 amide bonds. The number of hydrazine groups is 1. The number of hydrogen-bond acceptors (Lipinski definition) is 5. The van der Waals surface area contributed by atoms with E-state index in [0.717, 1.165) is 0 Å². The first-order valence-corrected chi connectivity index (χ1v) is 3.60. The molecule has 0 saturated heterocycles. The smallest absolute Gasteiger partial charge is 0.148 e. The third-order valence-corrected chi connectivity index (χ3v) is 1.43. The van der Waals surface area contributed by atoms with Gasteiger partial charge in [-0.05, 0) is 6.07 Å². The van der Waals surface area contributed by atoms with Gasteiger partial charge in [-0.3, -0.25) is 5.84 Å². The molecular formula is C7H12N4O. The molecule has 0 saturated carbocycles. The van der Waals surface area contributed by atoms with Crippen molar-refractivity contribution in [3.05, 3.63) is 24.3 Å². The summed E-state index contributed by atoms with van der Waals surface area (Å²) in [5, 5.41) is 0. The van der Waals surface area contributed by atoms with Gasteiger partial charge in [0.15, 0.2) is 0 Å². The van der Waals surface area contributed by atoms with Crippen LogP contribution >= 0.6 is 0 Å². The molecule has 5 heteroatoms. The molecule has 0 aliphatic rings. The highest BCUT2D eigenvalue weighted by Gasteiger charge is 2.10. The normalized spacial score (nSPS) is 12.8. The first-order chi connectivity index (χ1) is 5.88. The molecule has 1 atom stereocenters. The highest BCUT2D eigenvalue weighted by Crippen LogP contribution is 2.03. The maximum atomic E-state index is 5.28. The number of nitrogens with one attached hydrogen (secondary N) is 1. The number of nitrogens with zero attached hydrogens (tertiary/aromatic N) is 2. The fourth-order valence-corrected chi connectivity index (χ4v) is 0.854. The second-order valence-corrected chi connectivity index (χ2v) is 2.28. The largest absolute Gasteiger partial charge is 0.383 e. The molecule has 0 aliphatic heterocycles. The number of hydrogen-bond donors (Lipinski definition) is 2. The first-order valence-electron chi connectivity index (χ1n) is 3.60. The zero-order chi connectivity index (χ0) is 8.81. The second-order valence-electron chi connectivity index (χ2n) is 2.28. The van der Waals surface area contributed by atoms with Gasteiger partial charge in [0.25, 0.3) is 0 Å². The summed E-state index contributed by atoms with van der Waals surface area (Å²) in [6, 6.07) is 1.61. The summed E-state index contributed by atoms with van der Waals surface area (Å²) in [6.45, 7) is 0.459. The lowest BCUT2D eigenvalue weighted by Crippen LogP contribution is -2.32. The lowest BCUT2D eigenvalue weighted by molar-refractivity contribution is 0.164. The fraction of sp³-hybridized carbons (Fsp3) is 0.429. The van der Waals surface area contributed by atoms with E-state index < -0.39 is 0 Å². The van der Waals surface area contributed by atoms with Crippen LogP contribution in [0.2, 0.25) is 0 Å². The number of aromatic nitrogens is 2. The Morgan fingerprint density at radius 3 is 2.75 bits per heavy atom. The van der Waals surface area contributed by atoms with Gasteiger partial charge < -0.3 is 4.74 Å². The summed E-state index contributed by atoms with van der Waals surface area (Å²) in [4.78, 5) is 8.07. The van der Waals surface area contributed by atoms with Gasteiger partial charge >= 0.3 is 0 Å². The van der Waals surface area contributed by atoms with Crippen molar-refractivity contribution in [1.29, 1.82) is 0 Å². The molecule has 0 aliphatic carbocycles. The fourth-order valence-electron chi connectivity index (χ4n) is 0.854. The maximum Gasteiger partial charge on any atom is 0.148 e. The molecule has 5 nitrogen and oxygen atoms in total. The monoisotopic (exact) mass is 168 g/mol. The second kappa shape index (κ2) is 4.76. The summed E-state index contributed by atoms with van der Waals surface area (Å²) < 4.78 is 4.93. The van der Waals surface area contributed by atoms with Crippen molar-refractivity contribution in [3.63, 3.8) is 0 Å². The third kappa shape index (κ3) is 2.23. The van der Waals surface area contributed by atoms with Crippen LogP contribution in [-0.2, 0) is 4.74 Å². The van der Waals surface area contributed by atoms with Crippen LogP contribution in [0, 0.1) is 0 Å². The van der Waals surface area contributed by atoms with Gasteiger partial charge in [-0.2, -0.15) is 0 Å². The average Bonchev–Trinajstić information content (AvgIpc) is 2.15. The van der Waals surface area contributed by atoms with E-state index in [1.807, 2.05) is 0 Å². The molecule has 0 spiro atoms. The van der Waals surface area contributed by atoms with E-state index in [1.54, 1.807) is 25.6 Å². The van der Waals surface area contributed by atoms with E-state index in [0.29, 0.717) is 12.4 Å². The van der Waals surface area contributed by atoms with Crippen LogP contribution in [0.15, 0.2) is 18.5 Å². The van der Waals surface area contributed by atoms with E-state index in [1.165, 1.54) is 0 Å². The predicted octanol–water partition coefficient (Wildman–Crippen LogP) is -0.373. The quantitative estimate of drug-likeness (QED) is 0.474. The van der Waals surface area contributed by atoms with Crippen molar-refractivity contribution < 1.29 is 4.74 Å². The average molecular weight is 168 g/mol. The molecule has 0 fully saturated rings. The molecule has 12 heavy (non-hydrogen) atoms. The van der Waals surface area contributed by atoms with Gasteiger partial charge in [-0.15, -0.1) is 0 Å². The number of nitrogens with two attached hydrogens (primary N) is 1. The number of ether oxygens (including phenoxy) is 1. The van der Waals surface area contributed by atoms with Crippen molar-refractivity contribution in [3.8, 4) is 0 Å². The van der Waals surface area contributed by atoms with Gasteiger partial charge in [-0.25, -0.2) is 15.4 Å². The van der Waals surface area contributed by atoms with Gasteiger partial charge in [0.05, 0.1) is 6.61 Å². The van der Waals surface area contributed by atoms with Crippen molar-refractivity contribution >= 4 is 0 Å². The van der Waals surface area contributed by atoms with Crippen LogP contribution in [0.25, 0.3) is 0 Å². The highest BCUT2D eigenvalue weighted by atomic mass is 16.5. The Balaban J connectivity index is 2.66. The molecular weight excluding hydrogens is 156 g/mol. The number of methoxy groups -OCH3 is 1. The molecule has 1 rings (SSSR count). The standard InChI is InChI=1S/C7H12N4O/c1-12-5-6(11-8)7-9-3-2-4-10-7/h2-4,6,11H,5,8H2,1H3. The SMILES string of the molecule is COCC(NN)c1ncccn1. The minimum absolute atomic E-state index is 0.142. The van der Waals surface area contributed by atoms with Gasteiger partial charge in [0.1, 0.15) is 11.9 Å². The molecule has 3 N–H and O–H groups in total. The minimum Gasteiger partial charge on any atom is -0.383 e. The van der Waals surface area contributed by atoms with E-state index in [2.05, 4.69) is 15.4 Å². The maximum absolute atomic E-state index is 5.28. The van der Waals surface area contributed by atoms with Crippen LogP contribution in [0.3, 0.4) is 0 Å². The number of rotatable bonds is 4. The van der Waals surface area contributed by atoms with E-state index >= 15 is 0 Å². The van der Waals surface area contributed by atoms with Crippen molar-refractivity contribution in [2.75, 3.05) is 13.7 Å². The molecule has 1 unspecified atom stereocenters. The van der Waals surface area contributed by atoms with Crippen LogP contribution in [-0.4, -0.2) is 23.7 Å². The summed E-state index contributed by atoms with van der Waals surface area (Å²) >= 11 is 0. The molecule has 66 valence electrons. The highest BCUT2D eigenvalue weighted by molar-refractivity contribution is 4.94. The summed E-state index contributed by atoms with van der Waals surface area (Å²) in [5.74, 6) is 5.92. The first kappa shape index (κ1) is 9.05. The summed E-state index contributed by atoms with van der Waals surface area (Å²) in [5.41, 5.74) is 2.57. The van der Waals surface area contributed by atoms with Crippen molar-refractivity contribution in [2.24, 2.45) is 5.84 Å². The molecule has 1 aromatic heterocycles. The molecule has 1 aromatic rings. The van der Waals surface area contributed by atoms with Crippen LogP contribution in [0.1, 0.15) is 11.9 Å².